The molecule has 13 heteroatoms. The number of pyridine rings is 1. The van der Waals surface area contributed by atoms with Crippen molar-refractivity contribution >= 4 is 17.6 Å². The maximum Gasteiger partial charge on any atom is 0.420 e. The average molecular weight is 467 g/mol. The van der Waals surface area contributed by atoms with Gasteiger partial charge in [0.2, 0.25) is 11.7 Å². The fourth-order valence-electron chi connectivity index (χ4n) is 2.85. The van der Waals surface area contributed by atoms with E-state index < -0.39 is 40.7 Å². The van der Waals surface area contributed by atoms with Gasteiger partial charge in [-0.1, -0.05) is 5.16 Å². The van der Waals surface area contributed by atoms with E-state index in [0.717, 1.165) is 12.1 Å². The van der Waals surface area contributed by atoms with E-state index in [-0.39, 0.29) is 18.0 Å². The number of alkyl halides is 3. The lowest BCUT2D eigenvalue weighted by molar-refractivity contribution is -0.138. The van der Waals surface area contributed by atoms with Crippen LogP contribution in [-0.2, 0) is 22.3 Å². The molecule has 1 aliphatic rings. The number of carbonyl (C=O) groups excluding carboxylic acids is 2. The lowest BCUT2D eigenvalue weighted by atomic mass is 10.2. The van der Waals surface area contributed by atoms with Crippen LogP contribution in [0, 0.1) is 0 Å². The number of nitrogens with one attached hydrogen (secondary N) is 2. The zero-order chi connectivity index (χ0) is 24.2. The van der Waals surface area contributed by atoms with Gasteiger partial charge in [0.25, 0.3) is 5.91 Å². The predicted molar refractivity (Wildman–Crippen MR) is 108 cm³/mol. The SMILES string of the molecule is COc1ccc(Oc2ccc(CNC(=O)C3(NC(=O)/C(N)=N/O)CC3)nc2)c(C(F)(F)F)c1. The molecule has 2 aromatic rings. The van der Waals surface area contributed by atoms with Gasteiger partial charge >= 0.3 is 6.18 Å². The highest BCUT2D eigenvalue weighted by molar-refractivity contribution is 6.37. The second-order valence-corrected chi connectivity index (χ2v) is 7.15. The minimum atomic E-state index is -4.65. The molecule has 1 aliphatic carbocycles. The van der Waals surface area contributed by atoms with Crippen LogP contribution in [0.25, 0.3) is 0 Å². The smallest absolute Gasteiger partial charge is 0.420 e. The summed E-state index contributed by atoms with van der Waals surface area (Å²) in [6.45, 7) is -0.00333. The molecule has 2 amide bonds. The van der Waals surface area contributed by atoms with E-state index in [0.29, 0.717) is 18.5 Å². The molecule has 1 saturated carbocycles. The molecule has 0 unspecified atom stereocenters. The van der Waals surface area contributed by atoms with Crippen molar-refractivity contribution in [2.45, 2.75) is 31.1 Å². The van der Waals surface area contributed by atoms with Crippen LogP contribution in [0.1, 0.15) is 24.1 Å². The highest BCUT2D eigenvalue weighted by Gasteiger charge is 2.51. The highest BCUT2D eigenvalue weighted by Crippen LogP contribution is 2.40. The first-order valence-corrected chi connectivity index (χ1v) is 9.54. The molecule has 3 rings (SSSR count). The zero-order valence-corrected chi connectivity index (χ0v) is 17.3. The average Bonchev–Trinajstić information content (AvgIpc) is 3.57. The Labute approximate surface area is 185 Å². The summed E-state index contributed by atoms with van der Waals surface area (Å²) >= 11 is 0. The second-order valence-electron chi connectivity index (χ2n) is 7.15. The number of hydrogen-bond donors (Lipinski definition) is 4. The van der Waals surface area contributed by atoms with E-state index in [4.69, 9.17) is 20.4 Å². The lowest BCUT2D eigenvalue weighted by Gasteiger charge is -2.17. The Bertz CT molecular complexity index is 1070. The molecule has 1 aromatic heterocycles. The molecule has 10 nitrogen and oxygen atoms in total. The van der Waals surface area contributed by atoms with Crippen molar-refractivity contribution < 1.29 is 37.4 Å². The standard InChI is InChI=1S/C20H20F3N5O5/c1-32-12-4-5-15(14(8-12)20(21,22)23)33-13-3-2-11(25-10-13)9-26-18(30)19(6-7-19)27-17(29)16(24)28-31/h2-5,8,10,31H,6-7,9H2,1H3,(H2,24,28)(H,26,30)(H,27,29). The Kier molecular flexibility index (Phi) is 6.60. The Morgan fingerprint density at radius 1 is 1.24 bits per heavy atom. The summed E-state index contributed by atoms with van der Waals surface area (Å²) in [7, 11) is 1.26. The molecule has 1 aromatic carbocycles. The van der Waals surface area contributed by atoms with E-state index in [1.165, 1.54) is 31.5 Å². The molecule has 0 atom stereocenters. The Hall–Kier alpha value is -4.03. The maximum atomic E-state index is 13.3. The van der Waals surface area contributed by atoms with Gasteiger partial charge in [0, 0.05) is 0 Å². The number of nitrogens with two attached hydrogens (primary N) is 1. The summed E-state index contributed by atoms with van der Waals surface area (Å²) in [4.78, 5) is 28.2. The number of oxime groups is 1. The maximum absolute atomic E-state index is 13.3. The van der Waals surface area contributed by atoms with Crippen LogP contribution in [-0.4, -0.2) is 40.5 Å². The molecule has 1 heterocycles. The number of ether oxygens (including phenoxy) is 2. The summed E-state index contributed by atoms with van der Waals surface area (Å²) in [5.74, 6) is -2.33. The minimum absolute atomic E-state index is 0.00333. The van der Waals surface area contributed by atoms with Gasteiger partial charge in [-0.15, -0.1) is 0 Å². The number of methoxy groups -OCH3 is 1. The zero-order valence-electron chi connectivity index (χ0n) is 17.3. The number of carbonyl (C=O) groups is 2. The predicted octanol–water partition coefficient (Wildman–Crippen LogP) is 1.91. The van der Waals surface area contributed by atoms with Gasteiger partial charge in [-0.05, 0) is 43.2 Å². The van der Waals surface area contributed by atoms with Crippen molar-refractivity contribution in [3.8, 4) is 17.2 Å². The van der Waals surface area contributed by atoms with Gasteiger partial charge in [0.05, 0.1) is 25.5 Å². The van der Waals surface area contributed by atoms with Crippen molar-refractivity contribution in [1.82, 2.24) is 15.6 Å². The number of aromatic nitrogens is 1. The van der Waals surface area contributed by atoms with E-state index in [1.807, 2.05) is 0 Å². The molecule has 0 saturated heterocycles. The highest BCUT2D eigenvalue weighted by atomic mass is 19.4. The first-order chi connectivity index (χ1) is 15.6. The number of benzene rings is 1. The Balaban J connectivity index is 1.62. The van der Waals surface area contributed by atoms with Gasteiger partial charge in [-0.3, -0.25) is 14.6 Å². The fourth-order valence-corrected chi connectivity index (χ4v) is 2.85. The summed E-state index contributed by atoms with van der Waals surface area (Å²) in [5.41, 5.74) is 3.46. The van der Waals surface area contributed by atoms with E-state index in [1.54, 1.807) is 0 Å². The van der Waals surface area contributed by atoms with E-state index >= 15 is 0 Å². The van der Waals surface area contributed by atoms with Gasteiger partial charge in [0.15, 0.2) is 0 Å². The number of hydrogen-bond acceptors (Lipinski definition) is 7. The van der Waals surface area contributed by atoms with Crippen LogP contribution >= 0.6 is 0 Å². The van der Waals surface area contributed by atoms with Crippen LogP contribution in [0.2, 0.25) is 0 Å². The quantitative estimate of drug-likeness (QED) is 0.210. The molecule has 5 N–H and O–H groups in total. The van der Waals surface area contributed by atoms with Crippen molar-refractivity contribution in [3.63, 3.8) is 0 Å². The van der Waals surface area contributed by atoms with Crippen LogP contribution in [0.5, 0.6) is 17.2 Å². The summed E-state index contributed by atoms with van der Waals surface area (Å²) < 4.78 is 50.1. The van der Waals surface area contributed by atoms with Crippen molar-refractivity contribution in [2.75, 3.05) is 7.11 Å². The Morgan fingerprint density at radius 2 is 1.94 bits per heavy atom. The molecule has 1 fully saturated rings. The number of amides is 2. The number of nitrogens with zero attached hydrogens (tertiary/aromatic N) is 2. The molecule has 33 heavy (non-hydrogen) atoms. The summed E-state index contributed by atoms with van der Waals surface area (Å²) in [6.07, 6.45) is -2.66. The molecule has 0 aliphatic heterocycles. The number of halogens is 3. The normalized spacial score (nSPS) is 14.8. The Morgan fingerprint density at radius 3 is 2.48 bits per heavy atom. The van der Waals surface area contributed by atoms with Crippen molar-refractivity contribution in [1.29, 1.82) is 0 Å². The van der Waals surface area contributed by atoms with Crippen LogP contribution in [0.3, 0.4) is 0 Å². The van der Waals surface area contributed by atoms with Crippen LogP contribution in [0.15, 0.2) is 41.7 Å². The third-order valence-electron chi connectivity index (χ3n) is 4.83. The van der Waals surface area contributed by atoms with Gasteiger partial charge in [-0.2, -0.15) is 13.2 Å². The first kappa shape index (κ1) is 23.6. The van der Waals surface area contributed by atoms with Gasteiger partial charge < -0.3 is 31.0 Å². The lowest BCUT2D eigenvalue weighted by Crippen LogP contribution is -2.52. The minimum Gasteiger partial charge on any atom is -0.497 e. The largest absolute Gasteiger partial charge is 0.497 e. The van der Waals surface area contributed by atoms with Crippen molar-refractivity contribution in [3.05, 3.63) is 47.8 Å². The van der Waals surface area contributed by atoms with Crippen LogP contribution < -0.4 is 25.8 Å². The summed E-state index contributed by atoms with van der Waals surface area (Å²) in [5, 5.41) is 16.1. The molecule has 0 spiro atoms. The fraction of sp³-hybridized carbons (Fsp3) is 0.300. The molecular weight excluding hydrogens is 447 g/mol. The second kappa shape index (κ2) is 9.22. The molecule has 0 bridgehead atoms. The monoisotopic (exact) mass is 467 g/mol. The number of amidine groups is 1. The van der Waals surface area contributed by atoms with E-state index in [2.05, 4.69) is 20.8 Å². The third-order valence-corrected chi connectivity index (χ3v) is 4.83. The third kappa shape index (κ3) is 5.61. The molecular formula is C20H20F3N5O5. The summed E-state index contributed by atoms with van der Waals surface area (Å²) in [6, 6.07) is 6.20. The van der Waals surface area contributed by atoms with Gasteiger partial charge in [0.1, 0.15) is 28.4 Å². The van der Waals surface area contributed by atoms with Gasteiger partial charge in [-0.25, -0.2) is 0 Å². The molecule has 176 valence electrons. The van der Waals surface area contributed by atoms with Crippen molar-refractivity contribution in [2.24, 2.45) is 10.9 Å². The molecule has 0 radical (unpaired) electrons. The first-order valence-electron chi connectivity index (χ1n) is 9.54. The van der Waals surface area contributed by atoms with Crippen LogP contribution in [0.4, 0.5) is 13.2 Å². The number of rotatable bonds is 7. The van der Waals surface area contributed by atoms with E-state index in [9.17, 15) is 22.8 Å². The topological polar surface area (TPSA) is 148 Å².